The van der Waals surface area contributed by atoms with Crippen LogP contribution in [0.3, 0.4) is 0 Å². The number of carbonyl (C=O) groups is 2. The van der Waals surface area contributed by atoms with Crippen molar-refractivity contribution in [1.29, 1.82) is 0 Å². The number of hydrogen-bond acceptors (Lipinski definition) is 5. The second kappa shape index (κ2) is 10.1. The van der Waals surface area contributed by atoms with E-state index >= 15 is 0 Å². The largest absolute Gasteiger partial charge is 0.493 e. The van der Waals surface area contributed by atoms with Gasteiger partial charge in [-0.1, -0.05) is 24.3 Å². The van der Waals surface area contributed by atoms with Crippen molar-refractivity contribution in [2.75, 3.05) is 14.2 Å². The molecule has 1 atom stereocenters. The summed E-state index contributed by atoms with van der Waals surface area (Å²) in [6.45, 7) is 1.88. The lowest BCUT2D eigenvalue weighted by Crippen LogP contribution is -2.35. The van der Waals surface area contributed by atoms with Crippen LogP contribution in [0.4, 0.5) is 0 Å². The third-order valence-electron chi connectivity index (χ3n) is 5.35. The van der Waals surface area contributed by atoms with E-state index in [9.17, 15) is 9.59 Å². The van der Waals surface area contributed by atoms with Gasteiger partial charge in [0.2, 0.25) is 0 Å². The van der Waals surface area contributed by atoms with E-state index < -0.39 is 12.1 Å². The van der Waals surface area contributed by atoms with Gasteiger partial charge < -0.3 is 19.5 Å². The molecule has 2 aromatic carbocycles. The summed E-state index contributed by atoms with van der Waals surface area (Å²) < 4.78 is 15.8. The molecule has 160 valence electrons. The Hall–Kier alpha value is -3.02. The van der Waals surface area contributed by atoms with Gasteiger partial charge in [-0.3, -0.25) is 9.59 Å². The van der Waals surface area contributed by atoms with Crippen molar-refractivity contribution in [1.82, 2.24) is 5.32 Å². The fourth-order valence-corrected chi connectivity index (χ4v) is 3.68. The highest BCUT2D eigenvalue weighted by atomic mass is 16.5. The first-order chi connectivity index (χ1) is 14.5. The molecule has 0 spiro atoms. The second-order valence-electron chi connectivity index (χ2n) is 7.53. The van der Waals surface area contributed by atoms with Gasteiger partial charge in [0.25, 0.3) is 5.91 Å². The van der Waals surface area contributed by atoms with Gasteiger partial charge in [0, 0.05) is 6.54 Å². The van der Waals surface area contributed by atoms with E-state index in [1.165, 1.54) is 24.0 Å². The number of benzene rings is 2. The van der Waals surface area contributed by atoms with Crippen LogP contribution in [0.5, 0.6) is 11.5 Å². The summed E-state index contributed by atoms with van der Waals surface area (Å²) in [6, 6.07) is 11.6. The number of amides is 1. The molecule has 1 aliphatic carbocycles. The number of ether oxygens (including phenoxy) is 3. The van der Waals surface area contributed by atoms with Gasteiger partial charge in [0.15, 0.2) is 17.6 Å². The standard InChI is InChI=1S/C24H29NO5/c1-16(24(27)25-15-18-9-11-21(28-2)22(13-18)29-3)30-23(26)14-17-8-10-19-6-4-5-7-20(19)12-17/h8-13,16H,4-7,14-15H2,1-3H3,(H,25,27)/t16-/m1/s1. The van der Waals surface area contributed by atoms with E-state index in [-0.39, 0.29) is 12.3 Å². The van der Waals surface area contributed by atoms with E-state index in [0.717, 1.165) is 24.0 Å². The molecule has 6 nitrogen and oxygen atoms in total. The molecule has 0 saturated carbocycles. The van der Waals surface area contributed by atoms with Crippen LogP contribution in [0.2, 0.25) is 0 Å². The third kappa shape index (κ3) is 5.53. The number of hydrogen-bond donors (Lipinski definition) is 1. The first kappa shape index (κ1) is 21.7. The van der Waals surface area contributed by atoms with Crippen LogP contribution in [0, 0.1) is 0 Å². The van der Waals surface area contributed by atoms with Crippen LogP contribution < -0.4 is 14.8 Å². The summed E-state index contributed by atoms with van der Waals surface area (Å²) in [5, 5.41) is 2.79. The zero-order valence-electron chi connectivity index (χ0n) is 17.8. The molecule has 0 aliphatic heterocycles. The van der Waals surface area contributed by atoms with E-state index in [1.807, 2.05) is 12.1 Å². The molecule has 2 aromatic rings. The molecule has 0 bridgehead atoms. The molecule has 0 saturated heterocycles. The minimum absolute atomic E-state index is 0.167. The van der Waals surface area contributed by atoms with Gasteiger partial charge in [0.1, 0.15) is 0 Å². The average Bonchev–Trinajstić information content (AvgIpc) is 2.76. The maximum Gasteiger partial charge on any atom is 0.311 e. The molecule has 3 rings (SSSR count). The van der Waals surface area contributed by atoms with Gasteiger partial charge in [0.05, 0.1) is 20.6 Å². The van der Waals surface area contributed by atoms with Gasteiger partial charge in [-0.15, -0.1) is 0 Å². The predicted molar refractivity (Wildman–Crippen MR) is 114 cm³/mol. The molecule has 6 heteroatoms. The summed E-state index contributed by atoms with van der Waals surface area (Å²) in [4.78, 5) is 24.6. The Balaban J connectivity index is 1.49. The minimum atomic E-state index is -0.865. The molecule has 1 N–H and O–H groups in total. The molecule has 1 aliphatic rings. The first-order valence-corrected chi connectivity index (χ1v) is 10.3. The average molecular weight is 411 g/mol. The van der Waals surface area contributed by atoms with Crippen molar-refractivity contribution in [3.05, 3.63) is 58.7 Å². The normalized spacial score (nSPS) is 13.7. The van der Waals surface area contributed by atoms with Gasteiger partial charge in [-0.25, -0.2) is 0 Å². The highest BCUT2D eigenvalue weighted by Gasteiger charge is 2.19. The van der Waals surface area contributed by atoms with Crippen molar-refractivity contribution in [3.63, 3.8) is 0 Å². The Labute approximate surface area is 177 Å². The number of fused-ring (bicyclic) bond motifs is 1. The number of carbonyl (C=O) groups excluding carboxylic acids is 2. The quantitative estimate of drug-likeness (QED) is 0.674. The van der Waals surface area contributed by atoms with Crippen molar-refractivity contribution >= 4 is 11.9 Å². The number of rotatable bonds is 8. The Bertz CT molecular complexity index is 908. The molecule has 30 heavy (non-hydrogen) atoms. The molecule has 0 aromatic heterocycles. The number of aryl methyl sites for hydroxylation is 2. The lowest BCUT2D eigenvalue weighted by atomic mass is 9.90. The molecule has 1 amide bonds. The SMILES string of the molecule is COc1ccc(CNC(=O)[C@@H](C)OC(=O)Cc2ccc3c(c2)CCCC3)cc1OC. The molecule has 0 radical (unpaired) electrons. The fourth-order valence-electron chi connectivity index (χ4n) is 3.68. The van der Waals surface area contributed by atoms with Crippen LogP contribution in [0.1, 0.15) is 42.0 Å². The lowest BCUT2D eigenvalue weighted by molar-refractivity contribution is -0.154. The van der Waals surface area contributed by atoms with Crippen LogP contribution >= 0.6 is 0 Å². The Morgan fingerprint density at radius 3 is 2.37 bits per heavy atom. The van der Waals surface area contributed by atoms with E-state index in [1.54, 1.807) is 33.3 Å². The number of nitrogens with one attached hydrogen (secondary N) is 1. The second-order valence-corrected chi connectivity index (χ2v) is 7.53. The van der Waals surface area contributed by atoms with Gasteiger partial charge in [-0.05, 0) is 67.0 Å². The Morgan fingerprint density at radius 2 is 1.63 bits per heavy atom. The van der Waals surface area contributed by atoms with E-state index in [4.69, 9.17) is 14.2 Å². The molecular weight excluding hydrogens is 382 g/mol. The van der Waals surface area contributed by atoms with Crippen LogP contribution in [-0.4, -0.2) is 32.2 Å². The predicted octanol–water partition coefficient (Wildman–Crippen LogP) is 3.37. The Morgan fingerprint density at radius 1 is 0.933 bits per heavy atom. The van der Waals surface area contributed by atoms with E-state index in [2.05, 4.69) is 17.4 Å². The van der Waals surface area contributed by atoms with Crippen molar-refractivity contribution in [3.8, 4) is 11.5 Å². The zero-order chi connectivity index (χ0) is 21.5. The smallest absolute Gasteiger partial charge is 0.311 e. The fraction of sp³-hybridized carbons (Fsp3) is 0.417. The summed E-state index contributed by atoms with van der Waals surface area (Å²) >= 11 is 0. The summed E-state index contributed by atoms with van der Waals surface area (Å²) in [5.74, 6) is 0.467. The van der Waals surface area contributed by atoms with Crippen LogP contribution in [0.15, 0.2) is 36.4 Å². The highest BCUT2D eigenvalue weighted by molar-refractivity contribution is 5.83. The Kier molecular flexibility index (Phi) is 7.33. The first-order valence-electron chi connectivity index (χ1n) is 10.3. The summed E-state index contributed by atoms with van der Waals surface area (Å²) in [6.07, 6.45) is 3.89. The van der Waals surface area contributed by atoms with Crippen LogP contribution in [0.25, 0.3) is 0 Å². The maximum absolute atomic E-state index is 12.3. The van der Waals surface area contributed by atoms with Crippen LogP contribution in [-0.2, 0) is 40.1 Å². The zero-order valence-corrected chi connectivity index (χ0v) is 17.8. The molecule has 0 fully saturated rings. The third-order valence-corrected chi connectivity index (χ3v) is 5.35. The van der Waals surface area contributed by atoms with E-state index in [0.29, 0.717) is 18.0 Å². The topological polar surface area (TPSA) is 73.9 Å². The number of methoxy groups -OCH3 is 2. The molecule has 0 heterocycles. The number of esters is 1. The van der Waals surface area contributed by atoms with Gasteiger partial charge in [-0.2, -0.15) is 0 Å². The molecular formula is C24H29NO5. The minimum Gasteiger partial charge on any atom is -0.493 e. The summed E-state index contributed by atoms with van der Waals surface area (Å²) in [7, 11) is 3.13. The molecule has 0 unspecified atom stereocenters. The van der Waals surface area contributed by atoms with Gasteiger partial charge >= 0.3 is 5.97 Å². The maximum atomic E-state index is 12.3. The lowest BCUT2D eigenvalue weighted by Gasteiger charge is -2.17. The van der Waals surface area contributed by atoms with Crippen molar-refractivity contribution in [2.45, 2.75) is 51.7 Å². The van der Waals surface area contributed by atoms with Crippen molar-refractivity contribution in [2.24, 2.45) is 0 Å². The monoisotopic (exact) mass is 411 g/mol. The van der Waals surface area contributed by atoms with Crippen molar-refractivity contribution < 1.29 is 23.8 Å². The summed E-state index contributed by atoms with van der Waals surface area (Å²) in [5.41, 5.74) is 4.49. The highest BCUT2D eigenvalue weighted by Crippen LogP contribution is 2.27.